The van der Waals surface area contributed by atoms with Crippen LogP contribution < -0.4 is 5.32 Å². The van der Waals surface area contributed by atoms with Crippen LogP contribution in [0.5, 0.6) is 0 Å². The maximum absolute atomic E-state index is 5.74. The van der Waals surface area contributed by atoms with Crippen LogP contribution in [-0.4, -0.2) is 60.3 Å². The van der Waals surface area contributed by atoms with Crippen LogP contribution >= 0.6 is 12.2 Å². The molecule has 4 nitrogen and oxygen atoms in total. The van der Waals surface area contributed by atoms with Crippen molar-refractivity contribution < 1.29 is 4.74 Å². The molecule has 1 atom stereocenters. The first kappa shape index (κ1) is 22.1. The minimum atomic E-state index is 0.405. The Morgan fingerprint density at radius 2 is 1.85 bits per heavy atom. The van der Waals surface area contributed by atoms with Gasteiger partial charge in [-0.2, -0.15) is 0 Å². The monoisotopic (exact) mass is 391 g/mol. The maximum Gasteiger partial charge on any atom is 0.169 e. The number of hydrogen-bond acceptors (Lipinski definition) is 3. The van der Waals surface area contributed by atoms with E-state index in [1.54, 1.807) is 0 Å². The molecule has 1 saturated heterocycles. The fraction of sp³-hybridized carbons (Fsp3) is 0.682. The second-order valence-electron chi connectivity index (χ2n) is 7.88. The molecule has 5 heteroatoms. The Morgan fingerprint density at radius 1 is 1.19 bits per heavy atom. The highest BCUT2D eigenvalue weighted by Crippen LogP contribution is 2.16. The molecule has 1 aliphatic rings. The third kappa shape index (κ3) is 7.76. The molecule has 0 bridgehead atoms. The minimum Gasteiger partial charge on any atom is -0.379 e. The summed E-state index contributed by atoms with van der Waals surface area (Å²) in [6.07, 6.45) is 2.19. The third-order valence-corrected chi connectivity index (χ3v) is 5.67. The van der Waals surface area contributed by atoms with Gasteiger partial charge in [0, 0.05) is 38.8 Å². The van der Waals surface area contributed by atoms with Gasteiger partial charge in [-0.1, -0.05) is 45.0 Å². The second kappa shape index (κ2) is 11.6. The molecule has 1 aromatic carbocycles. The van der Waals surface area contributed by atoms with Gasteiger partial charge in [-0.15, -0.1) is 0 Å². The van der Waals surface area contributed by atoms with Crippen molar-refractivity contribution in [1.82, 2.24) is 15.1 Å². The molecule has 1 aromatic rings. The van der Waals surface area contributed by atoms with Gasteiger partial charge in [0.15, 0.2) is 5.11 Å². The van der Waals surface area contributed by atoms with Crippen molar-refractivity contribution in [3.05, 3.63) is 35.4 Å². The molecule has 0 radical (unpaired) electrons. The molecule has 1 heterocycles. The van der Waals surface area contributed by atoms with Crippen LogP contribution in [0.2, 0.25) is 0 Å². The van der Waals surface area contributed by atoms with E-state index in [1.165, 1.54) is 11.1 Å². The van der Waals surface area contributed by atoms with Gasteiger partial charge in [-0.25, -0.2) is 0 Å². The molecule has 2 rings (SSSR count). The van der Waals surface area contributed by atoms with Crippen LogP contribution in [0.25, 0.3) is 0 Å². The number of rotatable bonds is 9. The van der Waals surface area contributed by atoms with E-state index in [-0.39, 0.29) is 0 Å². The third-order valence-electron chi connectivity index (χ3n) is 5.30. The van der Waals surface area contributed by atoms with E-state index in [2.05, 4.69) is 67.1 Å². The van der Waals surface area contributed by atoms with Crippen LogP contribution in [0.4, 0.5) is 0 Å². The lowest BCUT2D eigenvalue weighted by Gasteiger charge is -2.30. The molecule has 1 unspecified atom stereocenters. The number of nitrogens with zero attached hydrogens (tertiary/aromatic N) is 2. The van der Waals surface area contributed by atoms with Gasteiger partial charge in [-0.05, 0) is 49.0 Å². The summed E-state index contributed by atoms with van der Waals surface area (Å²) in [7, 11) is 0. The smallest absolute Gasteiger partial charge is 0.169 e. The van der Waals surface area contributed by atoms with Crippen LogP contribution in [0.3, 0.4) is 0 Å². The SMILES string of the molecule is CCC(C)NC(=S)N(CCCN1CCOCC1)Cc1ccc(C(C)C)cc1. The first-order valence-corrected chi connectivity index (χ1v) is 10.8. The van der Waals surface area contributed by atoms with Crippen LogP contribution in [0.1, 0.15) is 57.6 Å². The summed E-state index contributed by atoms with van der Waals surface area (Å²) in [5.74, 6) is 0.567. The van der Waals surface area contributed by atoms with Gasteiger partial charge >= 0.3 is 0 Å². The Bertz CT molecular complexity index is 555. The predicted octanol–water partition coefficient (Wildman–Crippen LogP) is 4.01. The Balaban J connectivity index is 1.94. The van der Waals surface area contributed by atoms with E-state index in [9.17, 15) is 0 Å². The molecule has 1 fully saturated rings. The summed E-state index contributed by atoms with van der Waals surface area (Å²) in [5.41, 5.74) is 2.71. The van der Waals surface area contributed by atoms with E-state index in [1.807, 2.05) is 0 Å². The van der Waals surface area contributed by atoms with Crippen molar-refractivity contribution in [2.75, 3.05) is 39.4 Å². The van der Waals surface area contributed by atoms with Gasteiger partial charge in [0.05, 0.1) is 13.2 Å². The zero-order valence-electron chi connectivity index (χ0n) is 17.5. The van der Waals surface area contributed by atoms with Crippen molar-refractivity contribution in [3.63, 3.8) is 0 Å². The predicted molar refractivity (Wildman–Crippen MR) is 118 cm³/mol. The average Bonchev–Trinajstić information content (AvgIpc) is 2.68. The first-order valence-electron chi connectivity index (χ1n) is 10.4. The summed E-state index contributed by atoms with van der Waals surface area (Å²) < 4.78 is 5.44. The fourth-order valence-corrected chi connectivity index (χ4v) is 3.55. The summed E-state index contributed by atoms with van der Waals surface area (Å²) in [5, 5.41) is 4.37. The van der Waals surface area contributed by atoms with Crippen molar-refractivity contribution in [3.8, 4) is 0 Å². The zero-order chi connectivity index (χ0) is 19.6. The summed E-state index contributed by atoms with van der Waals surface area (Å²) in [6.45, 7) is 15.6. The van der Waals surface area contributed by atoms with Crippen molar-refractivity contribution >= 4 is 17.3 Å². The van der Waals surface area contributed by atoms with Crippen LogP contribution in [0, 0.1) is 0 Å². The molecule has 1 aliphatic heterocycles. The molecule has 0 spiro atoms. The molecular weight excluding hydrogens is 354 g/mol. The van der Waals surface area contributed by atoms with E-state index in [0.717, 1.165) is 63.9 Å². The number of ether oxygens (including phenoxy) is 1. The highest BCUT2D eigenvalue weighted by Gasteiger charge is 2.14. The standard InChI is InChI=1S/C22H37N3OS/c1-5-19(4)23-22(27)25(12-6-11-24-13-15-26-16-14-24)17-20-7-9-21(10-8-20)18(2)3/h7-10,18-19H,5-6,11-17H2,1-4H3,(H,23,27). The van der Waals surface area contributed by atoms with Gasteiger partial charge < -0.3 is 15.0 Å². The molecule has 0 saturated carbocycles. The van der Waals surface area contributed by atoms with Crippen molar-refractivity contribution in [1.29, 1.82) is 0 Å². The summed E-state index contributed by atoms with van der Waals surface area (Å²) in [6, 6.07) is 9.39. The lowest BCUT2D eigenvalue weighted by atomic mass is 10.0. The lowest BCUT2D eigenvalue weighted by Crippen LogP contribution is -2.44. The number of thiocarbonyl (C=S) groups is 1. The molecule has 152 valence electrons. The van der Waals surface area contributed by atoms with Crippen LogP contribution in [-0.2, 0) is 11.3 Å². The Hall–Kier alpha value is -1.17. The average molecular weight is 392 g/mol. The van der Waals surface area contributed by atoms with E-state index in [0.29, 0.717) is 12.0 Å². The molecule has 27 heavy (non-hydrogen) atoms. The normalized spacial score (nSPS) is 16.3. The molecular formula is C22H37N3OS. The molecule has 1 N–H and O–H groups in total. The van der Waals surface area contributed by atoms with Gasteiger partial charge in [0.1, 0.15) is 0 Å². The maximum atomic E-state index is 5.74. The Morgan fingerprint density at radius 3 is 2.44 bits per heavy atom. The highest BCUT2D eigenvalue weighted by molar-refractivity contribution is 7.80. The van der Waals surface area contributed by atoms with Gasteiger partial charge in [-0.3, -0.25) is 4.90 Å². The van der Waals surface area contributed by atoms with E-state index in [4.69, 9.17) is 17.0 Å². The number of morpholine rings is 1. The number of hydrogen-bond donors (Lipinski definition) is 1. The number of nitrogens with one attached hydrogen (secondary N) is 1. The quantitative estimate of drug-likeness (QED) is 0.642. The molecule has 0 aromatic heterocycles. The largest absolute Gasteiger partial charge is 0.379 e. The van der Waals surface area contributed by atoms with Crippen molar-refractivity contribution in [2.24, 2.45) is 0 Å². The summed E-state index contributed by atoms with van der Waals surface area (Å²) in [4.78, 5) is 4.82. The molecule has 0 aliphatic carbocycles. The summed E-state index contributed by atoms with van der Waals surface area (Å²) >= 11 is 5.74. The number of benzene rings is 1. The van der Waals surface area contributed by atoms with Gasteiger partial charge in [0.2, 0.25) is 0 Å². The Kier molecular flexibility index (Phi) is 9.52. The highest BCUT2D eigenvalue weighted by atomic mass is 32.1. The Labute approximate surface area is 171 Å². The minimum absolute atomic E-state index is 0.405. The van der Waals surface area contributed by atoms with Crippen molar-refractivity contribution in [2.45, 2.75) is 59.0 Å². The molecule has 0 amide bonds. The lowest BCUT2D eigenvalue weighted by molar-refractivity contribution is 0.0367. The topological polar surface area (TPSA) is 27.7 Å². The van der Waals surface area contributed by atoms with E-state index >= 15 is 0 Å². The van der Waals surface area contributed by atoms with Gasteiger partial charge in [0.25, 0.3) is 0 Å². The zero-order valence-corrected chi connectivity index (χ0v) is 18.4. The first-order chi connectivity index (χ1) is 13.0. The van der Waals surface area contributed by atoms with Crippen LogP contribution in [0.15, 0.2) is 24.3 Å². The second-order valence-corrected chi connectivity index (χ2v) is 8.27. The fourth-order valence-electron chi connectivity index (χ4n) is 3.19. The van der Waals surface area contributed by atoms with E-state index < -0.39 is 0 Å².